The summed E-state index contributed by atoms with van der Waals surface area (Å²) in [6, 6.07) is 38.3. The zero-order valence-electron chi connectivity index (χ0n) is 46.1. The molecule has 0 saturated heterocycles. The molecule has 0 fully saturated rings. The Morgan fingerprint density at radius 3 is 1.49 bits per heavy atom. The highest BCUT2D eigenvalue weighted by molar-refractivity contribution is 7.50. The van der Waals surface area contributed by atoms with Crippen LogP contribution < -0.4 is 9.05 Å². The van der Waals surface area contributed by atoms with Gasteiger partial charge in [0, 0.05) is 74.0 Å². The minimum Gasteiger partial charge on any atom is -0.435 e. The first-order chi connectivity index (χ1) is 34.4. The molecule has 0 bridgehead atoms. The third-order valence-electron chi connectivity index (χ3n) is 15.9. The van der Waals surface area contributed by atoms with E-state index in [1.54, 1.807) is 0 Å². The average molecular weight is 1000 g/mol. The molecule has 8 heteroatoms. The summed E-state index contributed by atoms with van der Waals surface area (Å²) >= 11 is 0. The van der Waals surface area contributed by atoms with Crippen molar-refractivity contribution in [3.8, 4) is 22.6 Å². The fraction of sp³-hybridized carbons (Fsp3) is 0.323. The lowest BCUT2D eigenvalue weighted by atomic mass is 9.70. The maximum Gasteiger partial charge on any atom is 0.318 e. The van der Waals surface area contributed by atoms with Gasteiger partial charge in [-0.3, -0.25) is 17.4 Å². The third-order valence-corrected chi connectivity index (χ3v) is 19.3. The van der Waals surface area contributed by atoms with Crippen molar-refractivity contribution in [1.82, 2.24) is 17.4 Å². The van der Waals surface area contributed by atoms with Crippen LogP contribution in [-0.2, 0) is 21.7 Å². The van der Waals surface area contributed by atoms with Crippen molar-refractivity contribution in [2.75, 3.05) is 0 Å². The van der Waals surface area contributed by atoms with Gasteiger partial charge in [-0.1, -0.05) is 161 Å². The van der Waals surface area contributed by atoms with Crippen molar-refractivity contribution in [3.05, 3.63) is 189 Å². The van der Waals surface area contributed by atoms with Crippen LogP contribution in [-0.4, -0.2) is 17.4 Å². The number of nitrogens with zero attached hydrogens (tertiary/aromatic N) is 4. The van der Waals surface area contributed by atoms with E-state index in [1.807, 2.05) is 0 Å². The standard InChI is InChI=1S/C65H72N4O2P2/c1-39-35-66(54-30-21-18-25-45(39)54)72(67-36-40(2)46-26-19-22-31-55(46)67)70-60-52(64(13,14)15)33-50(62(7,8)9)43(5)57(60)58-44(6)51(63(10,11)12)34-53-61(58)71-73(68-37-41(3)47-27-20-23-32-56(47)68)69-38-42(4)48-28-24-29-49(59(48)69)65(53,16)17/h18-38H,1-17H3. The number of hydrogen-bond donors (Lipinski definition) is 0. The third kappa shape index (κ3) is 7.71. The normalized spacial score (nSPS) is 15.1. The van der Waals surface area contributed by atoms with Crippen molar-refractivity contribution in [3.63, 3.8) is 0 Å². The van der Waals surface area contributed by atoms with E-state index in [4.69, 9.17) is 9.05 Å². The van der Waals surface area contributed by atoms with Gasteiger partial charge in [0.1, 0.15) is 11.5 Å². The van der Waals surface area contributed by atoms with Gasteiger partial charge in [-0.2, -0.15) is 0 Å². The van der Waals surface area contributed by atoms with Gasteiger partial charge in [0.15, 0.2) is 0 Å². The van der Waals surface area contributed by atoms with Gasteiger partial charge in [0.05, 0.1) is 22.1 Å². The molecule has 1 aliphatic rings. The largest absolute Gasteiger partial charge is 0.435 e. The summed E-state index contributed by atoms with van der Waals surface area (Å²) in [4.78, 5) is 0. The second-order valence-electron chi connectivity index (χ2n) is 24.5. The second-order valence-corrected chi connectivity index (χ2v) is 27.6. The molecule has 10 aromatic rings. The highest BCUT2D eigenvalue weighted by Gasteiger charge is 2.42. The lowest BCUT2D eigenvalue weighted by Crippen LogP contribution is -2.26. The number of benzene rings is 6. The highest BCUT2D eigenvalue weighted by atomic mass is 31.2. The van der Waals surface area contributed by atoms with Crippen LogP contribution >= 0.6 is 16.9 Å². The van der Waals surface area contributed by atoms with Crippen molar-refractivity contribution in [2.24, 2.45) is 0 Å². The summed E-state index contributed by atoms with van der Waals surface area (Å²) in [5.41, 5.74) is 19.2. The molecule has 0 aliphatic carbocycles. The van der Waals surface area contributed by atoms with Crippen LogP contribution in [0.5, 0.6) is 11.5 Å². The van der Waals surface area contributed by atoms with Crippen molar-refractivity contribution < 1.29 is 9.05 Å². The summed E-state index contributed by atoms with van der Waals surface area (Å²) in [6.45, 7) is 39.7. The lowest BCUT2D eigenvalue weighted by Gasteiger charge is -2.39. The minimum atomic E-state index is -1.61. The van der Waals surface area contributed by atoms with Gasteiger partial charge in [0.2, 0.25) is 0 Å². The number of fused-ring (bicyclic) bond motifs is 4. The molecule has 11 rings (SSSR count). The Morgan fingerprint density at radius 1 is 0.479 bits per heavy atom. The number of rotatable bonds is 6. The predicted octanol–water partition coefficient (Wildman–Crippen LogP) is 19.0. The molecule has 1 aliphatic heterocycles. The van der Waals surface area contributed by atoms with E-state index in [0.29, 0.717) is 0 Å². The van der Waals surface area contributed by atoms with Crippen LogP contribution in [0.4, 0.5) is 0 Å². The number of aromatic nitrogens is 4. The van der Waals surface area contributed by atoms with Crippen molar-refractivity contribution in [2.45, 2.75) is 139 Å². The quantitative estimate of drug-likeness (QED) is 0.156. The van der Waals surface area contributed by atoms with E-state index in [-0.39, 0.29) is 16.2 Å². The molecule has 0 N–H and O–H groups in total. The van der Waals surface area contributed by atoms with Crippen molar-refractivity contribution >= 4 is 60.5 Å². The topological polar surface area (TPSA) is 38.2 Å². The zero-order valence-corrected chi connectivity index (χ0v) is 47.9. The van der Waals surface area contributed by atoms with Crippen LogP contribution in [0.25, 0.3) is 54.7 Å². The minimum absolute atomic E-state index is 0.199. The first kappa shape index (κ1) is 49.2. The smallest absolute Gasteiger partial charge is 0.318 e. The molecule has 6 nitrogen and oxygen atoms in total. The van der Waals surface area contributed by atoms with Crippen LogP contribution in [0.3, 0.4) is 0 Å². The van der Waals surface area contributed by atoms with Gasteiger partial charge in [-0.15, -0.1) is 0 Å². The molecule has 6 aromatic carbocycles. The molecular weight excluding hydrogens is 931 g/mol. The molecule has 0 amide bonds. The number of para-hydroxylation sites is 4. The van der Waals surface area contributed by atoms with Gasteiger partial charge >= 0.3 is 16.9 Å². The summed E-state index contributed by atoms with van der Waals surface area (Å²) < 4.78 is 26.3. The number of hydrogen-bond acceptors (Lipinski definition) is 2. The SMILES string of the molecule is Cc1c(C(C)(C)C)cc(C(C)(C)C)c(OP(n2cc(C)c3ccccc32)n2cc(C)c3ccccc32)c1-c1c(C)c(C(C)(C)C)cc2c1OP(n1cc(C)c3ccccc31)n1cc(C)c3cccc(c31)C2(C)C. The first-order valence-corrected chi connectivity index (χ1v) is 28.4. The number of aryl methyl sites for hydroxylation is 4. The van der Waals surface area contributed by atoms with Crippen LogP contribution in [0.2, 0.25) is 0 Å². The Morgan fingerprint density at radius 2 is 0.932 bits per heavy atom. The van der Waals surface area contributed by atoms with Gasteiger partial charge < -0.3 is 9.05 Å². The van der Waals surface area contributed by atoms with E-state index >= 15 is 0 Å². The van der Waals surface area contributed by atoms with E-state index in [2.05, 4.69) is 263 Å². The fourth-order valence-corrected chi connectivity index (χ4v) is 16.1. The van der Waals surface area contributed by atoms with E-state index < -0.39 is 22.3 Å². The van der Waals surface area contributed by atoms with Crippen LogP contribution in [0, 0.1) is 41.5 Å². The Hall–Kier alpha value is -6.06. The molecule has 4 aromatic heterocycles. The molecule has 0 radical (unpaired) electrons. The molecule has 1 atom stereocenters. The second kappa shape index (κ2) is 17.0. The van der Waals surface area contributed by atoms with Crippen LogP contribution in [0.1, 0.15) is 137 Å². The Bertz CT molecular complexity index is 3790. The van der Waals surface area contributed by atoms with Gasteiger partial charge in [-0.05, 0) is 126 Å². The lowest BCUT2D eigenvalue weighted by molar-refractivity contribution is 0.518. The molecule has 374 valence electrons. The molecule has 1 unspecified atom stereocenters. The Labute approximate surface area is 435 Å². The van der Waals surface area contributed by atoms with Gasteiger partial charge in [-0.25, -0.2) is 0 Å². The predicted molar refractivity (Wildman–Crippen MR) is 313 cm³/mol. The van der Waals surface area contributed by atoms with Crippen LogP contribution in [0.15, 0.2) is 128 Å². The average Bonchev–Trinajstić information content (AvgIpc) is 4.06. The first-order valence-electron chi connectivity index (χ1n) is 26.0. The summed E-state index contributed by atoms with van der Waals surface area (Å²) in [5.74, 6) is 1.82. The molecular formula is C65H72N4O2P2. The fourth-order valence-electron chi connectivity index (χ4n) is 12.1. The Balaban J connectivity index is 1.32. The van der Waals surface area contributed by atoms with Gasteiger partial charge in [0.25, 0.3) is 0 Å². The summed E-state index contributed by atoms with van der Waals surface area (Å²) in [5, 5.41) is 4.94. The summed E-state index contributed by atoms with van der Waals surface area (Å²) in [6.07, 6.45) is 9.29. The molecule has 5 heterocycles. The zero-order chi connectivity index (χ0) is 52.0. The highest BCUT2D eigenvalue weighted by Crippen LogP contribution is 2.61. The molecule has 0 saturated carbocycles. The van der Waals surface area contributed by atoms with E-state index in [9.17, 15) is 0 Å². The van der Waals surface area contributed by atoms with Crippen molar-refractivity contribution in [1.29, 1.82) is 0 Å². The van der Waals surface area contributed by atoms with E-state index in [1.165, 1.54) is 88.3 Å². The maximum atomic E-state index is 8.31. The summed E-state index contributed by atoms with van der Waals surface area (Å²) in [7, 11) is -3.19. The van der Waals surface area contributed by atoms with E-state index in [0.717, 1.165) is 39.2 Å². The maximum absolute atomic E-state index is 8.31. The monoisotopic (exact) mass is 1000 g/mol. The molecule has 0 spiro atoms. The Kier molecular flexibility index (Phi) is 11.4. The molecule has 73 heavy (non-hydrogen) atoms.